The first-order chi connectivity index (χ1) is 11.6. The Morgan fingerprint density at radius 2 is 1.29 bits per heavy atom. The fourth-order valence-electron chi connectivity index (χ4n) is 2.47. The van der Waals surface area contributed by atoms with Crippen LogP contribution in [0.5, 0.6) is 0 Å². The Labute approximate surface area is 145 Å². The largest absolute Gasteiger partial charge is 0.372 e. The minimum absolute atomic E-state index is 0.0107. The second-order valence-corrected chi connectivity index (χ2v) is 5.74. The van der Waals surface area contributed by atoms with E-state index in [1.165, 1.54) is 11.3 Å². The predicted molar refractivity (Wildman–Crippen MR) is 104 cm³/mol. The van der Waals surface area contributed by atoms with Crippen molar-refractivity contribution in [3.63, 3.8) is 0 Å². The highest BCUT2D eigenvalue weighted by molar-refractivity contribution is 6.04. The highest BCUT2D eigenvalue weighted by Gasteiger charge is 2.00. The van der Waals surface area contributed by atoms with Crippen LogP contribution in [0.2, 0.25) is 0 Å². The fourth-order valence-corrected chi connectivity index (χ4v) is 2.47. The number of anilines is 1. The molecule has 0 atom stereocenters. The van der Waals surface area contributed by atoms with Crippen molar-refractivity contribution in [2.75, 3.05) is 18.0 Å². The number of ketones is 1. The van der Waals surface area contributed by atoms with Gasteiger partial charge >= 0.3 is 0 Å². The van der Waals surface area contributed by atoms with Crippen molar-refractivity contribution in [3.8, 4) is 0 Å². The Morgan fingerprint density at radius 1 is 0.833 bits per heavy atom. The number of allylic oxidation sites excluding steroid dienone is 2. The second-order valence-electron chi connectivity index (χ2n) is 5.74. The van der Waals surface area contributed by atoms with E-state index in [0.29, 0.717) is 0 Å². The summed E-state index contributed by atoms with van der Waals surface area (Å²) in [5, 5.41) is 0. The summed E-state index contributed by atoms with van der Waals surface area (Å²) in [5.74, 6) is -0.0107. The van der Waals surface area contributed by atoms with E-state index in [9.17, 15) is 4.79 Å². The summed E-state index contributed by atoms with van der Waals surface area (Å²) in [4.78, 5) is 14.2. The molecule has 0 heterocycles. The molecule has 0 aliphatic rings. The molecule has 0 aromatic heterocycles. The Bertz CT molecular complexity index is 705. The summed E-state index contributed by atoms with van der Waals surface area (Å²) in [6.45, 7) is 8.33. The van der Waals surface area contributed by atoms with Crippen LogP contribution in [-0.2, 0) is 4.79 Å². The van der Waals surface area contributed by atoms with Gasteiger partial charge in [0.1, 0.15) is 0 Å². The van der Waals surface area contributed by atoms with Crippen LogP contribution in [0.4, 0.5) is 5.69 Å². The number of hydrogen-bond donors (Lipinski definition) is 0. The standard InChI is InChI=1S/C22H25NO/c1-4-23(5-2)21-14-10-20(11-15-21)13-17-22(24)16-12-19-8-6-18(3)7-9-19/h6-17H,4-5H2,1-3H3/b16-12+,17-13+. The summed E-state index contributed by atoms with van der Waals surface area (Å²) in [5.41, 5.74) is 4.49. The van der Waals surface area contributed by atoms with E-state index in [1.54, 1.807) is 12.2 Å². The van der Waals surface area contributed by atoms with E-state index in [0.717, 1.165) is 24.2 Å². The zero-order chi connectivity index (χ0) is 17.4. The molecule has 2 nitrogen and oxygen atoms in total. The molecule has 0 radical (unpaired) electrons. The SMILES string of the molecule is CCN(CC)c1ccc(/C=C/C(=O)/C=C/c2ccc(C)cc2)cc1. The maximum absolute atomic E-state index is 11.9. The monoisotopic (exact) mass is 319 g/mol. The molecule has 2 aromatic rings. The zero-order valence-electron chi connectivity index (χ0n) is 14.7. The molecule has 0 fully saturated rings. The third-order valence-corrected chi connectivity index (χ3v) is 3.98. The Balaban J connectivity index is 1.97. The van der Waals surface area contributed by atoms with Gasteiger partial charge in [0.15, 0.2) is 5.78 Å². The first kappa shape index (κ1) is 17.7. The highest BCUT2D eigenvalue weighted by atomic mass is 16.1. The van der Waals surface area contributed by atoms with Gasteiger partial charge in [0.05, 0.1) is 0 Å². The van der Waals surface area contributed by atoms with Gasteiger partial charge in [0.2, 0.25) is 0 Å². The van der Waals surface area contributed by atoms with Gasteiger partial charge in [-0.3, -0.25) is 4.79 Å². The summed E-state index contributed by atoms with van der Waals surface area (Å²) >= 11 is 0. The molecule has 0 bridgehead atoms. The van der Waals surface area contributed by atoms with E-state index in [1.807, 2.05) is 55.5 Å². The number of carbonyl (C=O) groups excluding carboxylic acids is 1. The third-order valence-electron chi connectivity index (χ3n) is 3.98. The number of benzene rings is 2. The molecular weight excluding hydrogens is 294 g/mol. The van der Waals surface area contributed by atoms with Gasteiger partial charge in [-0.1, -0.05) is 54.1 Å². The van der Waals surface area contributed by atoms with E-state index in [-0.39, 0.29) is 5.78 Å². The first-order valence-corrected chi connectivity index (χ1v) is 8.44. The maximum atomic E-state index is 11.9. The maximum Gasteiger partial charge on any atom is 0.178 e. The number of nitrogens with zero attached hydrogens (tertiary/aromatic N) is 1. The topological polar surface area (TPSA) is 20.3 Å². The molecule has 0 aliphatic heterocycles. The molecule has 0 saturated heterocycles. The number of hydrogen-bond acceptors (Lipinski definition) is 2. The summed E-state index contributed by atoms with van der Waals surface area (Å²) < 4.78 is 0. The smallest absolute Gasteiger partial charge is 0.178 e. The first-order valence-electron chi connectivity index (χ1n) is 8.44. The van der Waals surface area contributed by atoms with Gasteiger partial charge in [-0.05, 0) is 56.2 Å². The lowest BCUT2D eigenvalue weighted by Crippen LogP contribution is -2.21. The summed E-state index contributed by atoms with van der Waals surface area (Å²) in [6, 6.07) is 16.4. The van der Waals surface area contributed by atoms with Crippen molar-refractivity contribution < 1.29 is 4.79 Å². The van der Waals surface area contributed by atoms with Crippen molar-refractivity contribution in [1.82, 2.24) is 0 Å². The van der Waals surface area contributed by atoms with Crippen LogP contribution in [0.3, 0.4) is 0 Å². The van der Waals surface area contributed by atoms with Crippen molar-refractivity contribution in [3.05, 3.63) is 77.4 Å². The average Bonchev–Trinajstić information content (AvgIpc) is 2.61. The van der Waals surface area contributed by atoms with Crippen LogP contribution >= 0.6 is 0 Å². The molecular formula is C22H25NO. The molecule has 0 N–H and O–H groups in total. The molecule has 0 aliphatic carbocycles. The minimum atomic E-state index is -0.0107. The van der Waals surface area contributed by atoms with Crippen molar-refractivity contribution in [1.29, 1.82) is 0 Å². The Hall–Kier alpha value is -2.61. The third kappa shape index (κ3) is 5.24. The van der Waals surface area contributed by atoms with E-state index in [4.69, 9.17) is 0 Å². The van der Waals surface area contributed by atoms with Gasteiger partial charge < -0.3 is 4.90 Å². The van der Waals surface area contributed by atoms with Crippen LogP contribution < -0.4 is 4.90 Å². The van der Waals surface area contributed by atoms with E-state index < -0.39 is 0 Å². The molecule has 0 spiro atoms. The van der Waals surface area contributed by atoms with Crippen LogP contribution in [0, 0.1) is 6.92 Å². The highest BCUT2D eigenvalue weighted by Crippen LogP contribution is 2.15. The van der Waals surface area contributed by atoms with Crippen LogP contribution in [0.1, 0.15) is 30.5 Å². The molecule has 0 amide bonds. The Morgan fingerprint density at radius 3 is 1.75 bits per heavy atom. The van der Waals surface area contributed by atoms with E-state index in [2.05, 4.69) is 30.9 Å². The lowest BCUT2D eigenvalue weighted by Gasteiger charge is -2.20. The Kier molecular flexibility index (Phi) is 6.56. The lowest BCUT2D eigenvalue weighted by atomic mass is 10.1. The summed E-state index contributed by atoms with van der Waals surface area (Å²) in [7, 11) is 0. The van der Waals surface area contributed by atoms with Crippen LogP contribution in [0.25, 0.3) is 12.2 Å². The van der Waals surface area contributed by atoms with Gasteiger partial charge in [0.25, 0.3) is 0 Å². The van der Waals surface area contributed by atoms with Crippen molar-refractivity contribution in [2.24, 2.45) is 0 Å². The fraction of sp³-hybridized carbons (Fsp3) is 0.227. The number of carbonyl (C=O) groups is 1. The predicted octanol–water partition coefficient (Wildman–Crippen LogP) is 5.14. The van der Waals surface area contributed by atoms with Gasteiger partial charge in [-0.15, -0.1) is 0 Å². The van der Waals surface area contributed by atoms with Gasteiger partial charge in [-0.2, -0.15) is 0 Å². The zero-order valence-corrected chi connectivity index (χ0v) is 14.7. The normalized spacial score (nSPS) is 11.3. The molecule has 2 aromatic carbocycles. The average molecular weight is 319 g/mol. The van der Waals surface area contributed by atoms with Crippen molar-refractivity contribution in [2.45, 2.75) is 20.8 Å². The van der Waals surface area contributed by atoms with Gasteiger partial charge in [-0.25, -0.2) is 0 Å². The minimum Gasteiger partial charge on any atom is -0.372 e. The van der Waals surface area contributed by atoms with E-state index >= 15 is 0 Å². The van der Waals surface area contributed by atoms with Gasteiger partial charge in [0, 0.05) is 18.8 Å². The second kappa shape index (κ2) is 8.88. The number of aryl methyl sites for hydroxylation is 1. The van der Waals surface area contributed by atoms with Crippen molar-refractivity contribution >= 4 is 23.6 Å². The lowest BCUT2D eigenvalue weighted by molar-refractivity contribution is -0.110. The molecule has 2 heteroatoms. The summed E-state index contributed by atoms with van der Waals surface area (Å²) in [6.07, 6.45) is 6.91. The molecule has 0 unspecified atom stereocenters. The van der Waals surface area contributed by atoms with Crippen LogP contribution in [-0.4, -0.2) is 18.9 Å². The molecule has 2 rings (SSSR count). The quantitative estimate of drug-likeness (QED) is 0.659. The molecule has 124 valence electrons. The molecule has 24 heavy (non-hydrogen) atoms. The van der Waals surface area contributed by atoms with Crippen LogP contribution in [0.15, 0.2) is 60.7 Å². The molecule has 0 saturated carbocycles. The number of rotatable bonds is 7.